The number of hydrogen-bond acceptors (Lipinski definition) is 1. The van der Waals surface area contributed by atoms with Crippen LogP contribution in [0.25, 0.3) is 10.9 Å². The zero-order valence-corrected chi connectivity index (χ0v) is 10.2. The fourth-order valence-corrected chi connectivity index (χ4v) is 2.32. The quantitative estimate of drug-likeness (QED) is 0.718. The van der Waals surface area contributed by atoms with Crippen molar-refractivity contribution in [3.8, 4) is 0 Å². The minimum atomic E-state index is 0.744. The largest absolute Gasteiger partial charge is 0.270 e. The lowest BCUT2D eigenvalue weighted by Crippen LogP contribution is -1.75. The summed E-state index contributed by atoms with van der Waals surface area (Å²) in [5.41, 5.74) is 0.882. The zero-order chi connectivity index (χ0) is 8.72. The second kappa shape index (κ2) is 3.16. The third-order valence-electron chi connectivity index (χ3n) is 1.57. The standard InChI is InChI=1S/C7H3BrClIN2/c8-7-5-4(11-12-7)2-1-3(10)6(5)9/h1-2H,(H,11,12). The van der Waals surface area contributed by atoms with Crippen LogP contribution in [-0.2, 0) is 0 Å². The smallest absolute Gasteiger partial charge is 0.110 e. The van der Waals surface area contributed by atoms with Crippen LogP contribution in [0.1, 0.15) is 0 Å². The summed E-state index contributed by atoms with van der Waals surface area (Å²) < 4.78 is 1.87. The number of rotatable bonds is 0. The van der Waals surface area contributed by atoms with Crippen molar-refractivity contribution in [2.24, 2.45) is 0 Å². The summed E-state index contributed by atoms with van der Waals surface area (Å²) in [4.78, 5) is 0. The molecule has 2 rings (SSSR count). The molecule has 0 radical (unpaired) electrons. The number of fused-ring (bicyclic) bond motifs is 1. The molecule has 0 aliphatic heterocycles. The summed E-state index contributed by atoms with van der Waals surface area (Å²) in [5.74, 6) is 0. The Morgan fingerprint density at radius 1 is 1.50 bits per heavy atom. The number of H-pyrrole nitrogens is 1. The molecule has 2 nitrogen and oxygen atoms in total. The highest BCUT2D eigenvalue weighted by atomic mass is 127. The van der Waals surface area contributed by atoms with Crippen LogP contribution in [-0.4, -0.2) is 10.2 Å². The van der Waals surface area contributed by atoms with Gasteiger partial charge >= 0.3 is 0 Å². The molecule has 12 heavy (non-hydrogen) atoms. The van der Waals surface area contributed by atoms with E-state index in [4.69, 9.17) is 11.6 Å². The van der Waals surface area contributed by atoms with Crippen LogP contribution >= 0.6 is 50.1 Å². The fourth-order valence-electron chi connectivity index (χ4n) is 1.01. The number of nitrogens with zero attached hydrogens (tertiary/aromatic N) is 1. The maximum Gasteiger partial charge on any atom is 0.110 e. The predicted octanol–water partition coefficient (Wildman–Crippen LogP) is 3.58. The Balaban J connectivity index is 2.96. The first-order chi connectivity index (χ1) is 5.70. The fraction of sp³-hybridized carbons (Fsp3) is 0. The molecule has 0 aliphatic carbocycles. The van der Waals surface area contributed by atoms with E-state index in [1.165, 1.54) is 0 Å². The van der Waals surface area contributed by atoms with Gasteiger partial charge < -0.3 is 0 Å². The first-order valence-electron chi connectivity index (χ1n) is 3.17. The Morgan fingerprint density at radius 3 is 3.00 bits per heavy atom. The first-order valence-corrected chi connectivity index (χ1v) is 5.42. The van der Waals surface area contributed by atoms with Crippen molar-refractivity contribution >= 4 is 61.0 Å². The highest BCUT2D eigenvalue weighted by Crippen LogP contribution is 2.31. The SMILES string of the molecule is Clc1c(I)ccc2n[nH]c(Br)c12. The molecule has 0 saturated heterocycles. The van der Waals surface area contributed by atoms with E-state index >= 15 is 0 Å². The van der Waals surface area contributed by atoms with Gasteiger partial charge in [0.2, 0.25) is 0 Å². The van der Waals surface area contributed by atoms with Gasteiger partial charge in [-0.05, 0) is 50.7 Å². The molecule has 62 valence electrons. The second-order valence-corrected chi connectivity index (χ2v) is 4.63. The molecule has 0 saturated carbocycles. The highest BCUT2D eigenvalue weighted by molar-refractivity contribution is 14.1. The van der Waals surface area contributed by atoms with E-state index in [2.05, 4.69) is 48.7 Å². The number of aromatic nitrogens is 2. The minimum absolute atomic E-state index is 0.744. The van der Waals surface area contributed by atoms with Gasteiger partial charge in [-0.1, -0.05) is 11.6 Å². The molecule has 1 aromatic heterocycles. The zero-order valence-electron chi connectivity index (χ0n) is 5.74. The molecule has 0 unspecified atom stereocenters. The lowest BCUT2D eigenvalue weighted by Gasteiger charge is -1.95. The molecule has 2 aromatic rings. The average Bonchev–Trinajstić information content (AvgIpc) is 2.41. The van der Waals surface area contributed by atoms with E-state index in [9.17, 15) is 0 Å². The lowest BCUT2D eigenvalue weighted by atomic mass is 10.3. The van der Waals surface area contributed by atoms with E-state index in [1.807, 2.05) is 12.1 Å². The number of hydrogen-bond donors (Lipinski definition) is 1. The third kappa shape index (κ3) is 1.25. The Labute approximate surface area is 95.9 Å². The molecule has 5 heteroatoms. The van der Waals surface area contributed by atoms with Crippen molar-refractivity contribution in [3.63, 3.8) is 0 Å². The van der Waals surface area contributed by atoms with E-state index in [-0.39, 0.29) is 0 Å². The second-order valence-electron chi connectivity index (χ2n) is 2.29. The van der Waals surface area contributed by atoms with Crippen LogP contribution in [0.3, 0.4) is 0 Å². The van der Waals surface area contributed by atoms with Crippen molar-refractivity contribution in [1.82, 2.24) is 10.2 Å². The van der Waals surface area contributed by atoms with E-state index in [0.29, 0.717) is 0 Å². The van der Waals surface area contributed by atoms with Crippen molar-refractivity contribution in [1.29, 1.82) is 0 Å². The molecule has 0 amide bonds. The summed E-state index contributed by atoms with van der Waals surface area (Å²) in [5, 5.41) is 8.58. The molecule has 1 aromatic carbocycles. The summed E-state index contributed by atoms with van der Waals surface area (Å²) in [6.45, 7) is 0. The van der Waals surface area contributed by atoms with Crippen molar-refractivity contribution in [2.45, 2.75) is 0 Å². The number of nitrogens with one attached hydrogen (secondary N) is 1. The third-order valence-corrected chi connectivity index (χ3v) is 3.75. The number of halogens is 3. The van der Waals surface area contributed by atoms with Gasteiger partial charge in [0, 0.05) is 3.57 Å². The van der Waals surface area contributed by atoms with Crippen molar-refractivity contribution < 1.29 is 0 Å². The molecule has 1 heterocycles. The lowest BCUT2D eigenvalue weighted by molar-refractivity contribution is 1.10. The molecule has 0 aliphatic rings. The maximum atomic E-state index is 6.08. The van der Waals surface area contributed by atoms with Crippen LogP contribution in [0.2, 0.25) is 5.02 Å². The van der Waals surface area contributed by atoms with E-state index in [0.717, 1.165) is 24.1 Å². The first kappa shape index (κ1) is 8.77. The van der Waals surface area contributed by atoms with Gasteiger partial charge in [-0.15, -0.1) is 0 Å². The van der Waals surface area contributed by atoms with Crippen molar-refractivity contribution in [2.75, 3.05) is 0 Å². The molecule has 0 bridgehead atoms. The molecule has 0 fully saturated rings. The van der Waals surface area contributed by atoms with Gasteiger partial charge in [0.1, 0.15) is 4.60 Å². The number of benzene rings is 1. The summed E-state index contributed by atoms with van der Waals surface area (Å²) >= 11 is 11.6. The molecular weight excluding hydrogens is 354 g/mol. The molecular formula is C7H3BrClIN2. The van der Waals surface area contributed by atoms with Crippen LogP contribution in [0, 0.1) is 3.57 Å². The Morgan fingerprint density at radius 2 is 2.25 bits per heavy atom. The van der Waals surface area contributed by atoms with Gasteiger partial charge in [-0.3, -0.25) is 5.10 Å². The van der Waals surface area contributed by atoms with Gasteiger partial charge in [0.15, 0.2) is 0 Å². The normalized spacial score (nSPS) is 10.9. The maximum absolute atomic E-state index is 6.08. The Kier molecular flexibility index (Phi) is 2.31. The molecule has 0 spiro atoms. The minimum Gasteiger partial charge on any atom is -0.270 e. The van der Waals surface area contributed by atoms with Gasteiger partial charge in [0.25, 0.3) is 0 Å². The monoisotopic (exact) mass is 356 g/mol. The number of aromatic amines is 1. The van der Waals surface area contributed by atoms with Gasteiger partial charge in [0.05, 0.1) is 15.9 Å². The van der Waals surface area contributed by atoms with Crippen LogP contribution in [0.4, 0.5) is 0 Å². The highest BCUT2D eigenvalue weighted by Gasteiger charge is 2.08. The van der Waals surface area contributed by atoms with Gasteiger partial charge in [-0.2, -0.15) is 5.10 Å². The summed E-state index contributed by atoms with van der Waals surface area (Å²) in [7, 11) is 0. The predicted molar refractivity (Wildman–Crippen MR) is 61.5 cm³/mol. The van der Waals surface area contributed by atoms with Crippen LogP contribution in [0.5, 0.6) is 0 Å². The van der Waals surface area contributed by atoms with Crippen LogP contribution < -0.4 is 0 Å². The topological polar surface area (TPSA) is 28.7 Å². The van der Waals surface area contributed by atoms with Gasteiger partial charge in [-0.25, -0.2) is 0 Å². The Bertz CT molecular complexity index is 440. The average molecular weight is 357 g/mol. The molecule has 1 N–H and O–H groups in total. The van der Waals surface area contributed by atoms with Crippen LogP contribution in [0.15, 0.2) is 16.7 Å². The van der Waals surface area contributed by atoms with Crippen molar-refractivity contribution in [3.05, 3.63) is 25.3 Å². The summed E-state index contributed by atoms with van der Waals surface area (Å²) in [6.07, 6.45) is 0. The van der Waals surface area contributed by atoms with E-state index < -0.39 is 0 Å². The summed E-state index contributed by atoms with van der Waals surface area (Å²) in [6, 6.07) is 3.88. The van der Waals surface area contributed by atoms with E-state index in [1.54, 1.807) is 0 Å². The Hall–Kier alpha value is 0.190. The molecule has 0 atom stereocenters.